The Hall–Kier alpha value is -2.26. The SMILES string of the molecule is Cc1nc(NC(=O)[C@H]2CC(=O)N(c3n[nH]c4cc(Br)ccc34)C2)sc1C. The Morgan fingerprint density at radius 1 is 1.42 bits per heavy atom. The second kappa shape index (κ2) is 6.48. The zero-order valence-corrected chi connectivity index (χ0v) is 16.6. The van der Waals surface area contributed by atoms with Crippen molar-refractivity contribution in [1.29, 1.82) is 0 Å². The minimum Gasteiger partial charge on any atom is -0.302 e. The molecular weight excluding hydrogens is 418 g/mol. The number of aromatic amines is 1. The monoisotopic (exact) mass is 433 g/mol. The summed E-state index contributed by atoms with van der Waals surface area (Å²) in [4.78, 5) is 32.0. The molecule has 26 heavy (non-hydrogen) atoms. The van der Waals surface area contributed by atoms with Crippen LogP contribution in [-0.4, -0.2) is 33.5 Å². The van der Waals surface area contributed by atoms with Crippen LogP contribution in [0, 0.1) is 19.8 Å². The number of rotatable bonds is 3. The van der Waals surface area contributed by atoms with Gasteiger partial charge in [0.25, 0.3) is 0 Å². The number of carbonyl (C=O) groups excluding carboxylic acids is 2. The van der Waals surface area contributed by atoms with Gasteiger partial charge < -0.3 is 5.32 Å². The quantitative estimate of drug-likeness (QED) is 0.661. The van der Waals surface area contributed by atoms with Crippen molar-refractivity contribution in [3.63, 3.8) is 0 Å². The molecule has 7 nitrogen and oxygen atoms in total. The molecule has 2 N–H and O–H groups in total. The molecule has 1 aromatic carbocycles. The molecular formula is C17H16BrN5O2S. The lowest BCUT2D eigenvalue weighted by molar-refractivity contribution is -0.122. The molecule has 0 unspecified atom stereocenters. The standard InChI is InChI=1S/C17H16BrN5O2S/c1-8-9(2)26-17(19-8)20-16(25)10-5-14(24)23(7-10)15-12-4-3-11(18)6-13(12)21-22-15/h3-4,6,10H,5,7H2,1-2H3,(H,21,22)(H,19,20,25)/t10-/m0/s1. The van der Waals surface area contributed by atoms with Gasteiger partial charge in [0.05, 0.1) is 17.1 Å². The lowest BCUT2D eigenvalue weighted by Gasteiger charge is -2.14. The van der Waals surface area contributed by atoms with Gasteiger partial charge in [-0.1, -0.05) is 15.9 Å². The van der Waals surface area contributed by atoms with Gasteiger partial charge in [-0.15, -0.1) is 11.3 Å². The number of anilines is 2. The number of H-pyrrole nitrogens is 1. The van der Waals surface area contributed by atoms with Gasteiger partial charge in [-0.05, 0) is 32.0 Å². The Morgan fingerprint density at radius 3 is 2.96 bits per heavy atom. The molecule has 4 rings (SSSR count). The van der Waals surface area contributed by atoms with E-state index in [1.807, 2.05) is 32.0 Å². The maximum Gasteiger partial charge on any atom is 0.231 e. The third kappa shape index (κ3) is 3.01. The van der Waals surface area contributed by atoms with Crippen LogP contribution in [0.2, 0.25) is 0 Å². The Labute approximate surface area is 161 Å². The fraction of sp³-hybridized carbons (Fsp3) is 0.294. The van der Waals surface area contributed by atoms with Gasteiger partial charge in [-0.25, -0.2) is 4.98 Å². The van der Waals surface area contributed by atoms with Gasteiger partial charge in [-0.2, -0.15) is 5.10 Å². The molecule has 0 saturated carbocycles. The number of halogens is 1. The number of thiazole rings is 1. The van der Waals surface area contributed by atoms with Crippen molar-refractivity contribution in [2.75, 3.05) is 16.8 Å². The van der Waals surface area contributed by atoms with E-state index >= 15 is 0 Å². The van der Waals surface area contributed by atoms with Crippen LogP contribution in [-0.2, 0) is 9.59 Å². The van der Waals surface area contributed by atoms with Crippen LogP contribution < -0.4 is 10.2 Å². The predicted octanol–water partition coefficient (Wildman–Crippen LogP) is 3.39. The third-order valence-electron chi connectivity index (χ3n) is 4.51. The van der Waals surface area contributed by atoms with Crippen LogP contribution >= 0.6 is 27.3 Å². The predicted molar refractivity (Wildman–Crippen MR) is 104 cm³/mol. The summed E-state index contributed by atoms with van der Waals surface area (Å²) in [6, 6.07) is 5.71. The number of carbonyl (C=O) groups is 2. The lowest BCUT2D eigenvalue weighted by Crippen LogP contribution is -2.28. The minimum atomic E-state index is -0.422. The average Bonchev–Trinajstić information content (AvgIpc) is 3.25. The second-order valence-corrected chi connectivity index (χ2v) is 8.41. The van der Waals surface area contributed by atoms with Gasteiger partial charge in [0.2, 0.25) is 11.8 Å². The molecule has 0 bridgehead atoms. The van der Waals surface area contributed by atoms with Crippen molar-refractivity contribution < 1.29 is 9.59 Å². The summed E-state index contributed by atoms with van der Waals surface area (Å²) in [6.45, 7) is 4.18. The number of nitrogens with one attached hydrogen (secondary N) is 2. The molecule has 1 fully saturated rings. The second-order valence-electron chi connectivity index (χ2n) is 6.29. The van der Waals surface area contributed by atoms with E-state index in [1.165, 1.54) is 11.3 Å². The van der Waals surface area contributed by atoms with E-state index in [-0.39, 0.29) is 18.2 Å². The number of hydrogen-bond donors (Lipinski definition) is 2. The Kier molecular flexibility index (Phi) is 4.28. The topological polar surface area (TPSA) is 91.0 Å². The highest BCUT2D eigenvalue weighted by atomic mass is 79.9. The Bertz CT molecular complexity index is 1010. The first kappa shape index (κ1) is 17.2. The van der Waals surface area contributed by atoms with E-state index in [1.54, 1.807) is 4.90 Å². The minimum absolute atomic E-state index is 0.104. The van der Waals surface area contributed by atoms with Gasteiger partial charge in [-0.3, -0.25) is 19.6 Å². The highest BCUT2D eigenvalue weighted by Crippen LogP contribution is 2.31. The third-order valence-corrected chi connectivity index (χ3v) is 6.00. The van der Waals surface area contributed by atoms with Gasteiger partial charge in [0.1, 0.15) is 0 Å². The fourth-order valence-corrected chi connectivity index (χ4v) is 4.18. The highest BCUT2D eigenvalue weighted by Gasteiger charge is 2.37. The molecule has 0 spiro atoms. The van der Waals surface area contributed by atoms with Crippen LogP contribution in [0.4, 0.5) is 10.9 Å². The van der Waals surface area contributed by atoms with E-state index in [9.17, 15) is 9.59 Å². The van der Waals surface area contributed by atoms with Crippen molar-refractivity contribution >= 4 is 60.9 Å². The molecule has 1 saturated heterocycles. The molecule has 3 aromatic rings. The summed E-state index contributed by atoms with van der Waals surface area (Å²) >= 11 is 4.86. The summed E-state index contributed by atoms with van der Waals surface area (Å²) in [5.41, 5.74) is 1.74. The maximum atomic E-state index is 12.5. The molecule has 1 aliphatic heterocycles. The van der Waals surface area contributed by atoms with Crippen LogP contribution in [0.25, 0.3) is 10.9 Å². The van der Waals surface area contributed by atoms with Crippen molar-refractivity contribution in [3.05, 3.63) is 33.2 Å². The van der Waals surface area contributed by atoms with Crippen molar-refractivity contribution in [2.45, 2.75) is 20.3 Å². The molecule has 134 valence electrons. The van der Waals surface area contributed by atoms with Crippen LogP contribution in [0.15, 0.2) is 22.7 Å². The number of nitrogens with zero attached hydrogens (tertiary/aromatic N) is 3. The first-order valence-corrected chi connectivity index (χ1v) is 9.72. The first-order valence-electron chi connectivity index (χ1n) is 8.11. The summed E-state index contributed by atoms with van der Waals surface area (Å²) < 4.78 is 0.930. The first-order chi connectivity index (χ1) is 12.4. The van der Waals surface area contributed by atoms with E-state index in [0.29, 0.717) is 17.5 Å². The van der Waals surface area contributed by atoms with Crippen LogP contribution in [0.1, 0.15) is 17.0 Å². The van der Waals surface area contributed by atoms with Crippen molar-refractivity contribution in [1.82, 2.24) is 15.2 Å². The summed E-state index contributed by atoms with van der Waals surface area (Å²) in [5, 5.41) is 11.5. The summed E-state index contributed by atoms with van der Waals surface area (Å²) in [5.74, 6) is -0.145. The van der Waals surface area contributed by atoms with Gasteiger partial charge >= 0.3 is 0 Å². The molecule has 2 aromatic heterocycles. The van der Waals surface area contributed by atoms with Crippen LogP contribution in [0.3, 0.4) is 0 Å². The van der Waals surface area contributed by atoms with Crippen LogP contribution in [0.5, 0.6) is 0 Å². The molecule has 3 heterocycles. The zero-order chi connectivity index (χ0) is 18.4. The normalized spacial score (nSPS) is 17.3. The van der Waals surface area contributed by atoms with E-state index in [2.05, 4.69) is 36.4 Å². The van der Waals surface area contributed by atoms with E-state index in [0.717, 1.165) is 25.9 Å². The number of aromatic nitrogens is 3. The largest absolute Gasteiger partial charge is 0.302 e. The summed E-state index contributed by atoms with van der Waals surface area (Å²) in [6.07, 6.45) is 0.167. The van der Waals surface area contributed by atoms with Crippen molar-refractivity contribution in [2.24, 2.45) is 5.92 Å². The maximum absolute atomic E-state index is 12.5. The molecule has 1 atom stereocenters. The Balaban J connectivity index is 1.53. The average molecular weight is 434 g/mol. The summed E-state index contributed by atoms with van der Waals surface area (Å²) in [7, 11) is 0. The molecule has 1 aliphatic rings. The molecule has 9 heteroatoms. The number of fused-ring (bicyclic) bond motifs is 1. The van der Waals surface area contributed by atoms with Crippen molar-refractivity contribution in [3.8, 4) is 0 Å². The van der Waals surface area contributed by atoms with Gasteiger partial charge in [0, 0.05) is 27.7 Å². The number of amides is 2. The lowest BCUT2D eigenvalue weighted by atomic mass is 10.1. The Morgan fingerprint density at radius 2 is 2.23 bits per heavy atom. The zero-order valence-electron chi connectivity index (χ0n) is 14.2. The van der Waals surface area contributed by atoms with Gasteiger partial charge in [0.15, 0.2) is 10.9 Å². The molecule has 2 amide bonds. The smallest absolute Gasteiger partial charge is 0.231 e. The number of aryl methyl sites for hydroxylation is 2. The molecule has 0 radical (unpaired) electrons. The van der Waals surface area contributed by atoms with E-state index < -0.39 is 5.92 Å². The van der Waals surface area contributed by atoms with E-state index in [4.69, 9.17) is 0 Å². The number of benzene rings is 1. The number of hydrogen-bond acceptors (Lipinski definition) is 5. The molecule has 0 aliphatic carbocycles. The highest BCUT2D eigenvalue weighted by molar-refractivity contribution is 9.10. The fourth-order valence-electron chi connectivity index (χ4n) is 3.00.